The van der Waals surface area contributed by atoms with Gasteiger partial charge in [-0.05, 0) is 48.2 Å². The van der Waals surface area contributed by atoms with Crippen molar-refractivity contribution in [3.8, 4) is 5.75 Å². The number of hydrogen-bond acceptors (Lipinski definition) is 3. The van der Waals surface area contributed by atoms with Crippen molar-refractivity contribution >= 4 is 12.2 Å². The Labute approximate surface area is 151 Å². The molecule has 1 unspecified atom stereocenters. The van der Waals surface area contributed by atoms with Crippen LogP contribution in [0.25, 0.3) is 12.2 Å². The number of benzene rings is 2. The molecule has 3 nitrogen and oxygen atoms in total. The van der Waals surface area contributed by atoms with E-state index in [0.29, 0.717) is 19.2 Å². The molecule has 0 amide bonds. The molecule has 0 radical (unpaired) electrons. The number of hydrogen-bond donors (Lipinski definition) is 2. The Bertz CT molecular complexity index is 669. The van der Waals surface area contributed by atoms with Crippen LogP contribution in [-0.2, 0) is 0 Å². The molecule has 2 rings (SSSR count). The third-order valence-corrected chi connectivity index (χ3v) is 3.93. The Morgan fingerprint density at radius 2 is 1.60 bits per heavy atom. The van der Waals surface area contributed by atoms with E-state index in [1.165, 1.54) is 5.56 Å². The minimum Gasteiger partial charge on any atom is -0.490 e. The Balaban J connectivity index is 2.01. The van der Waals surface area contributed by atoms with Gasteiger partial charge in [-0.15, -0.1) is 0 Å². The average Bonchev–Trinajstić information content (AvgIpc) is 2.58. The number of ether oxygens (including phenoxy) is 1. The second kappa shape index (κ2) is 9.40. The van der Waals surface area contributed by atoms with Crippen LogP contribution in [0.1, 0.15) is 36.1 Å². The van der Waals surface area contributed by atoms with Gasteiger partial charge in [0.15, 0.2) is 0 Å². The van der Waals surface area contributed by atoms with E-state index in [9.17, 15) is 5.11 Å². The minimum absolute atomic E-state index is 0.292. The van der Waals surface area contributed by atoms with E-state index in [4.69, 9.17) is 4.74 Å². The van der Waals surface area contributed by atoms with Crippen LogP contribution in [0.4, 0.5) is 0 Å². The van der Waals surface area contributed by atoms with Gasteiger partial charge in [-0.3, -0.25) is 0 Å². The van der Waals surface area contributed by atoms with Crippen LogP contribution in [0, 0.1) is 13.8 Å². The maximum Gasteiger partial charge on any atom is 0.125 e. The molecule has 2 aromatic carbocycles. The van der Waals surface area contributed by atoms with Crippen LogP contribution in [-0.4, -0.2) is 30.4 Å². The predicted molar refractivity (Wildman–Crippen MR) is 106 cm³/mol. The maximum atomic E-state index is 10.0. The van der Waals surface area contributed by atoms with Gasteiger partial charge in [0.1, 0.15) is 18.5 Å². The Morgan fingerprint density at radius 3 is 2.20 bits per heavy atom. The molecule has 0 spiro atoms. The lowest BCUT2D eigenvalue weighted by Crippen LogP contribution is -2.35. The molecule has 0 aliphatic rings. The average molecular weight is 339 g/mol. The second-order valence-electron chi connectivity index (χ2n) is 6.76. The standard InChI is InChI=1S/C22H29NO2/c1-16(2)23-14-21(24)15-25-22-17(3)12-20(13-18(22)4)11-10-19-8-6-5-7-9-19/h5-13,16,21,23-24H,14-15H2,1-4H3/b11-10+. The Morgan fingerprint density at radius 1 is 1.00 bits per heavy atom. The number of aliphatic hydroxyl groups is 1. The highest BCUT2D eigenvalue weighted by Crippen LogP contribution is 2.26. The van der Waals surface area contributed by atoms with Gasteiger partial charge in [0, 0.05) is 12.6 Å². The summed E-state index contributed by atoms with van der Waals surface area (Å²) in [5, 5.41) is 13.2. The highest BCUT2D eigenvalue weighted by atomic mass is 16.5. The summed E-state index contributed by atoms with van der Waals surface area (Å²) in [4.78, 5) is 0. The van der Waals surface area contributed by atoms with Crippen molar-refractivity contribution in [3.05, 3.63) is 64.7 Å². The predicted octanol–water partition coefficient (Wildman–Crippen LogP) is 4.21. The molecule has 0 aromatic heterocycles. The largest absolute Gasteiger partial charge is 0.490 e. The van der Waals surface area contributed by atoms with Crippen LogP contribution < -0.4 is 10.1 Å². The first kappa shape index (κ1) is 19.2. The Kier molecular flexibility index (Phi) is 7.23. The molecule has 0 fully saturated rings. The SMILES string of the molecule is Cc1cc(/C=C/c2ccccc2)cc(C)c1OCC(O)CNC(C)C. The first-order valence-electron chi connectivity index (χ1n) is 8.84. The third-order valence-electron chi connectivity index (χ3n) is 3.93. The van der Waals surface area contributed by atoms with Crippen molar-refractivity contribution in [1.29, 1.82) is 0 Å². The monoisotopic (exact) mass is 339 g/mol. The summed E-state index contributed by atoms with van der Waals surface area (Å²) in [7, 11) is 0. The molecular weight excluding hydrogens is 310 g/mol. The second-order valence-corrected chi connectivity index (χ2v) is 6.76. The van der Waals surface area contributed by atoms with E-state index >= 15 is 0 Å². The van der Waals surface area contributed by atoms with E-state index in [-0.39, 0.29) is 0 Å². The molecule has 0 saturated heterocycles. The van der Waals surface area contributed by atoms with Gasteiger partial charge < -0.3 is 15.2 Å². The van der Waals surface area contributed by atoms with Crippen LogP contribution in [0.5, 0.6) is 5.75 Å². The Hall–Kier alpha value is -2.10. The first-order valence-corrected chi connectivity index (χ1v) is 8.84. The summed E-state index contributed by atoms with van der Waals surface area (Å²) < 4.78 is 5.87. The maximum absolute atomic E-state index is 10.0. The van der Waals surface area contributed by atoms with E-state index in [0.717, 1.165) is 22.4 Å². The lowest BCUT2D eigenvalue weighted by Gasteiger charge is -2.17. The van der Waals surface area contributed by atoms with Crippen LogP contribution in [0.15, 0.2) is 42.5 Å². The smallest absolute Gasteiger partial charge is 0.125 e. The molecule has 0 aliphatic carbocycles. The molecule has 0 heterocycles. The zero-order chi connectivity index (χ0) is 18.2. The lowest BCUT2D eigenvalue weighted by molar-refractivity contribution is 0.104. The number of nitrogens with one attached hydrogen (secondary N) is 1. The van der Waals surface area contributed by atoms with E-state index in [1.54, 1.807) is 0 Å². The van der Waals surface area contributed by atoms with Gasteiger partial charge in [0.2, 0.25) is 0 Å². The molecule has 0 saturated carbocycles. The summed E-state index contributed by atoms with van der Waals surface area (Å²) in [6.45, 7) is 9.03. The van der Waals surface area contributed by atoms with Crippen molar-refractivity contribution in [2.45, 2.75) is 39.8 Å². The molecule has 2 N–H and O–H groups in total. The fourth-order valence-electron chi connectivity index (χ4n) is 2.67. The van der Waals surface area contributed by atoms with Crippen molar-refractivity contribution < 1.29 is 9.84 Å². The molecule has 2 aromatic rings. The lowest BCUT2D eigenvalue weighted by atomic mass is 10.0. The molecule has 0 aliphatic heterocycles. The van der Waals surface area contributed by atoms with Crippen molar-refractivity contribution in [2.75, 3.05) is 13.2 Å². The van der Waals surface area contributed by atoms with E-state index < -0.39 is 6.10 Å². The summed E-state index contributed by atoms with van der Waals surface area (Å²) in [6, 6.07) is 14.8. The molecule has 0 bridgehead atoms. The van der Waals surface area contributed by atoms with Gasteiger partial charge in [0.05, 0.1) is 0 Å². The van der Waals surface area contributed by atoms with Gasteiger partial charge >= 0.3 is 0 Å². The van der Waals surface area contributed by atoms with Crippen molar-refractivity contribution in [3.63, 3.8) is 0 Å². The molecule has 25 heavy (non-hydrogen) atoms. The highest BCUT2D eigenvalue weighted by molar-refractivity contribution is 5.70. The summed E-state index contributed by atoms with van der Waals surface area (Å²) in [5.74, 6) is 0.862. The van der Waals surface area contributed by atoms with E-state index in [1.807, 2.05) is 32.0 Å². The fourth-order valence-corrected chi connectivity index (χ4v) is 2.67. The fraction of sp³-hybridized carbons (Fsp3) is 0.364. The number of aliphatic hydroxyl groups excluding tert-OH is 1. The topological polar surface area (TPSA) is 41.5 Å². The van der Waals surface area contributed by atoms with Crippen LogP contribution >= 0.6 is 0 Å². The van der Waals surface area contributed by atoms with Gasteiger partial charge in [-0.2, -0.15) is 0 Å². The van der Waals surface area contributed by atoms with Gasteiger partial charge in [-0.1, -0.05) is 56.3 Å². The van der Waals surface area contributed by atoms with Gasteiger partial charge in [-0.25, -0.2) is 0 Å². The molecule has 3 heteroatoms. The van der Waals surface area contributed by atoms with E-state index in [2.05, 4.69) is 55.6 Å². The quantitative estimate of drug-likeness (QED) is 0.708. The van der Waals surface area contributed by atoms with Crippen LogP contribution in [0.2, 0.25) is 0 Å². The highest BCUT2D eigenvalue weighted by Gasteiger charge is 2.10. The molecular formula is C22H29NO2. The zero-order valence-corrected chi connectivity index (χ0v) is 15.6. The first-order chi connectivity index (χ1) is 12.0. The third kappa shape index (κ3) is 6.37. The molecule has 134 valence electrons. The van der Waals surface area contributed by atoms with Crippen LogP contribution in [0.3, 0.4) is 0 Å². The van der Waals surface area contributed by atoms with Crippen molar-refractivity contribution in [1.82, 2.24) is 5.32 Å². The van der Waals surface area contributed by atoms with Gasteiger partial charge in [0.25, 0.3) is 0 Å². The molecule has 1 atom stereocenters. The number of aryl methyl sites for hydroxylation is 2. The summed E-state index contributed by atoms with van der Waals surface area (Å²) in [6.07, 6.45) is 3.70. The summed E-state index contributed by atoms with van der Waals surface area (Å²) >= 11 is 0. The van der Waals surface area contributed by atoms with Crippen molar-refractivity contribution in [2.24, 2.45) is 0 Å². The number of rotatable bonds is 8. The minimum atomic E-state index is -0.515. The normalized spacial score (nSPS) is 12.7. The summed E-state index contributed by atoms with van der Waals surface area (Å²) in [5.41, 5.74) is 4.49. The zero-order valence-electron chi connectivity index (χ0n) is 15.6.